The number of nitrogens with one attached hydrogen (secondary N) is 1. The summed E-state index contributed by atoms with van der Waals surface area (Å²) >= 11 is 0. The van der Waals surface area contributed by atoms with Crippen molar-refractivity contribution < 1.29 is 27.1 Å². The standard InChI is InChI=1S/C21H31FN2O5S/c1-15(2)13-29-19-11-17(7-8-18(19)22)16(3)14-30(27,28)10-6-4-5-9-24-12-20(25)23-21(24)26/h7-8,11,15-16H,4-6,9-10,12-14H2,1-3H3,(H,23,25,26)/t16-/m0/s1. The third-order valence-electron chi connectivity index (χ3n) is 4.85. The molecule has 0 aliphatic carbocycles. The van der Waals surface area contributed by atoms with E-state index in [0.717, 1.165) is 5.56 Å². The van der Waals surface area contributed by atoms with E-state index in [4.69, 9.17) is 4.74 Å². The van der Waals surface area contributed by atoms with Crippen LogP contribution in [-0.4, -0.2) is 56.5 Å². The molecule has 1 fully saturated rings. The monoisotopic (exact) mass is 442 g/mol. The normalized spacial score (nSPS) is 15.6. The molecule has 0 aromatic heterocycles. The van der Waals surface area contributed by atoms with Crippen molar-refractivity contribution in [1.82, 2.24) is 10.2 Å². The predicted molar refractivity (Wildman–Crippen MR) is 113 cm³/mol. The summed E-state index contributed by atoms with van der Waals surface area (Å²) in [5.74, 6) is -0.610. The fraction of sp³-hybridized carbons (Fsp3) is 0.619. The average Bonchev–Trinajstić information content (AvgIpc) is 2.97. The van der Waals surface area contributed by atoms with Gasteiger partial charge in [-0.3, -0.25) is 10.1 Å². The van der Waals surface area contributed by atoms with Crippen molar-refractivity contribution >= 4 is 21.8 Å². The number of hydrogen-bond donors (Lipinski definition) is 1. The van der Waals surface area contributed by atoms with Crippen molar-refractivity contribution in [2.45, 2.75) is 46.0 Å². The van der Waals surface area contributed by atoms with Crippen molar-refractivity contribution in [3.63, 3.8) is 0 Å². The van der Waals surface area contributed by atoms with E-state index in [2.05, 4.69) is 5.32 Å². The van der Waals surface area contributed by atoms with Gasteiger partial charge in [0.1, 0.15) is 6.54 Å². The minimum atomic E-state index is -3.28. The van der Waals surface area contributed by atoms with Crippen molar-refractivity contribution in [2.24, 2.45) is 5.92 Å². The van der Waals surface area contributed by atoms with Gasteiger partial charge < -0.3 is 9.64 Å². The van der Waals surface area contributed by atoms with E-state index < -0.39 is 21.7 Å². The molecule has 1 heterocycles. The molecule has 3 amide bonds. The van der Waals surface area contributed by atoms with E-state index in [1.165, 1.54) is 11.0 Å². The Morgan fingerprint density at radius 3 is 2.53 bits per heavy atom. The van der Waals surface area contributed by atoms with E-state index in [1.54, 1.807) is 19.1 Å². The molecule has 0 bridgehead atoms. The Balaban J connectivity index is 1.79. The number of halogens is 1. The minimum absolute atomic E-state index is 0.0225. The number of carbonyl (C=O) groups excluding carboxylic acids is 2. The summed E-state index contributed by atoms with van der Waals surface area (Å²) in [7, 11) is -3.28. The molecule has 168 valence electrons. The van der Waals surface area contributed by atoms with E-state index in [-0.39, 0.29) is 41.5 Å². The van der Waals surface area contributed by atoms with Crippen LogP contribution in [0.4, 0.5) is 9.18 Å². The maximum Gasteiger partial charge on any atom is 0.324 e. The van der Waals surface area contributed by atoms with E-state index in [9.17, 15) is 22.4 Å². The highest BCUT2D eigenvalue weighted by atomic mass is 32.2. The SMILES string of the molecule is CC(C)COc1cc([C@@H](C)CS(=O)(=O)CCCCCN2CC(=O)NC2=O)ccc1F. The van der Waals surface area contributed by atoms with Crippen molar-refractivity contribution in [3.05, 3.63) is 29.6 Å². The first kappa shape index (κ1) is 24.1. The van der Waals surface area contributed by atoms with Crippen molar-refractivity contribution in [1.29, 1.82) is 0 Å². The molecule has 1 saturated heterocycles. The molecular weight excluding hydrogens is 411 g/mol. The number of sulfone groups is 1. The van der Waals surface area contributed by atoms with E-state index in [1.807, 2.05) is 13.8 Å². The van der Waals surface area contributed by atoms with Crippen LogP contribution in [0.2, 0.25) is 0 Å². The summed E-state index contributed by atoms with van der Waals surface area (Å²) < 4.78 is 44.4. The Morgan fingerprint density at radius 2 is 1.90 bits per heavy atom. The number of carbonyl (C=O) groups is 2. The lowest BCUT2D eigenvalue weighted by molar-refractivity contribution is -0.118. The van der Waals surface area contributed by atoms with Gasteiger partial charge in [0.05, 0.1) is 18.1 Å². The second kappa shape index (κ2) is 10.7. The second-order valence-corrected chi connectivity index (χ2v) is 10.5. The Labute approximate surface area is 177 Å². The quantitative estimate of drug-likeness (QED) is 0.397. The van der Waals surface area contributed by atoms with Gasteiger partial charge in [-0.15, -0.1) is 0 Å². The van der Waals surface area contributed by atoms with Gasteiger partial charge in [0.2, 0.25) is 5.91 Å². The van der Waals surface area contributed by atoms with Gasteiger partial charge in [-0.05, 0) is 42.4 Å². The zero-order valence-electron chi connectivity index (χ0n) is 17.8. The summed E-state index contributed by atoms with van der Waals surface area (Å²) in [5.41, 5.74) is 0.725. The molecular formula is C21H31FN2O5S. The van der Waals surface area contributed by atoms with Gasteiger partial charge in [0.25, 0.3) is 0 Å². The smallest absolute Gasteiger partial charge is 0.324 e. The topological polar surface area (TPSA) is 92.8 Å². The fourth-order valence-corrected chi connectivity index (χ4v) is 4.98. The number of imide groups is 1. The van der Waals surface area contributed by atoms with Crippen LogP contribution in [0.25, 0.3) is 0 Å². The summed E-state index contributed by atoms with van der Waals surface area (Å²) in [6, 6.07) is 4.10. The largest absolute Gasteiger partial charge is 0.490 e. The molecule has 2 rings (SSSR count). The predicted octanol–water partition coefficient (Wildman–Crippen LogP) is 3.10. The number of nitrogens with zero attached hydrogens (tertiary/aromatic N) is 1. The zero-order valence-corrected chi connectivity index (χ0v) is 18.6. The Bertz CT molecular complexity index is 857. The molecule has 0 spiro atoms. The van der Waals surface area contributed by atoms with Gasteiger partial charge in [0, 0.05) is 6.54 Å². The lowest BCUT2D eigenvalue weighted by Gasteiger charge is -2.16. The highest BCUT2D eigenvalue weighted by molar-refractivity contribution is 7.91. The van der Waals surface area contributed by atoms with Crippen LogP contribution in [0.5, 0.6) is 5.75 Å². The van der Waals surface area contributed by atoms with Gasteiger partial charge >= 0.3 is 6.03 Å². The van der Waals surface area contributed by atoms with Gasteiger partial charge in [-0.25, -0.2) is 17.6 Å². The summed E-state index contributed by atoms with van der Waals surface area (Å²) in [6.07, 6.45) is 1.78. The molecule has 1 atom stereocenters. The third-order valence-corrected chi connectivity index (χ3v) is 6.77. The average molecular weight is 443 g/mol. The van der Waals surface area contributed by atoms with Crippen molar-refractivity contribution in [2.75, 3.05) is 31.2 Å². The maximum absolute atomic E-state index is 13.9. The number of benzene rings is 1. The van der Waals surface area contributed by atoms with Gasteiger partial charge in [0.15, 0.2) is 21.4 Å². The lowest BCUT2D eigenvalue weighted by atomic mass is 10.0. The maximum atomic E-state index is 13.9. The Kier molecular flexibility index (Phi) is 8.64. The fourth-order valence-electron chi connectivity index (χ4n) is 3.22. The molecule has 9 heteroatoms. The lowest BCUT2D eigenvalue weighted by Crippen LogP contribution is -2.29. The minimum Gasteiger partial charge on any atom is -0.490 e. The van der Waals surface area contributed by atoms with Crippen LogP contribution in [0.1, 0.15) is 51.5 Å². The van der Waals surface area contributed by atoms with Crippen LogP contribution < -0.4 is 10.1 Å². The number of amides is 3. The molecule has 1 aliphatic rings. The molecule has 7 nitrogen and oxygen atoms in total. The van der Waals surface area contributed by atoms with Crippen LogP contribution in [-0.2, 0) is 14.6 Å². The first-order chi connectivity index (χ1) is 14.1. The van der Waals surface area contributed by atoms with Gasteiger partial charge in [-0.1, -0.05) is 33.3 Å². The van der Waals surface area contributed by atoms with Crippen LogP contribution in [0.15, 0.2) is 18.2 Å². The molecule has 1 aromatic rings. The number of rotatable bonds is 12. The molecule has 1 N–H and O–H groups in total. The number of unbranched alkanes of at least 4 members (excludes halogenated alkanes) is 2. The molecule has 0 radical (unpaired) electrons. The molecule has 1 aliphatic heterocycles. The molecule has 0 unspecified atom stereocenters. The second-order valence-electron chi connectivity index (χ2n) is 8.25. The Hall–Kier alpha value is -2.16. The van der Waals surface area contributed by atoms with E-state index in [0.29, 0.717) is 32.4 Å². The first-order valence-corrected chi connectivity index (χ1v) is 12.1. The zero-order chi connectivity index (χ0) is 22.3. The van der Waals surface area contributed by atoms with E-state index >= 15 is 0 Å². The number of hydrogen-bond acceptors (Lipinski definition) is 5. The first-order valence-electron chi connectivity index (χ1n) is 10.3. The summed E-state index contributed by atoms with van der Waals surface area (Å²) in [5, 5.41) is 2.21. The molecule has 30 heavy (non-hydrogen) atoms. The molecule has 0 saturated carbocycles. The summed E-state index contributed by atoms with van der Waals surface area (Å²) in [4.78, 5) is 24.0. The Morgan fingerprint density at radius 1 is 1.17 bits per heavy atom. The summed E-state index contributed by atoms with van der Waals surface area (Å²) in [6.45, 7) is 6.63. The number of urea groups is 1. The van der Waals surface area contributed by atoms with Crippen LogP contribution in [0.3, 0.4) is 0 Å². The van der Waals surface area contributed by atoms with Gasteiger partial charge in [-0.2, -0.15) is 0 Å². The highest BCUT2D eigenvalue weighted by Gasteiger charge is 2.25. The van der Waals surface area contributed by atoms with Crippen molar-refractivity contribution in [3.8, 4) is 5.75 Å². The third kappa shape index (κ3) is 7.59. The number of ether oxygens (including phenoxy) is 1. The van der Waals surface area contributed by atoms with Crippen LogP contribution >= 0.6 is 0 Å². The molecule has 1 aromatic carbocycles. The van der Waals surface area contributed by atoms with Crippen LogP contribution in [0, 0.1) is 11.7 Å². The highest BCUT2D eigenvalue weighted by Crippen LogP contribution is 2.26.